The maximum Gasteiger partial charge on any atom is 0.0780 e. The average Bonchev–Trinajstić information content (AvgIpc) is 2.34. The van der Waals surface area contributed by atoms with Gasteiger partial charge in [0.05, 0.1) is 38.1 Å². The quantitative estimate of drug-likeness (QED) is 0.656. The molecule has 0 aromatic heterocycles. The van der Waals surface area contributed by atoms with E-state index in [0.29, 0.717) is 13.2 Å². The molecule has 0 aliphatic heterocycles. The van der Waals surface area contributed by atoms with Gasteiger partial charge in [-0.2, -0.15) is 0 Å². The number of aliphatic hydroxyl groups is 2. The van der Waals surface area contributed by atoms with Gasteiger partial charge in [-0.1, -0.05) is 0 Å². The summed E-state index contributed by atoms with van der Waals surface area (Å²) < 4.78 is 15.3. The molecule has 0 saturated heterocycles. The van der Waals surface area contributed by atoms with E-state index in [-0.39, 0.29) is 18.8 Å². The van der Waals surface area contributed by atoms with Crippen molar-refractivity contribution in [3.05, 3.63) is 0 Å². The lowest BCUT2D eigenvalue weighted by Gasteiger charge is -2.10. The maximum absolute atomic E-state index is 8.69. The van der Waals surface area contributed by atoms with Crippen molar-refractivity contribution in [3.63, 3.8) is 0 Å². The summed E-state index contributed by atoms with van der Waals surface area (Å²) >= 11 is 0. The highest BCUT2D eigenvalue weighted by atomic mass is 16.5. The Morgan fingerprint density at radius 3 is 1.89 bits per heavy atom. The van der Waals surface area contributed by atoms with Gasteiger partial charge in [0.15, 0.2) is 0 Å². The van der Waals surface area contributed by atoms with Gasteiger partial charge in [0, 0.05) is 13.2 Å². The second-order valence-electron chi connectivity index (χ2n) is 4.10. The Bertz CT molecular complexity index is 152. The van der Waals surface area contributed by atoms with E-state index in [1.165, 1.54) is 0 Å². The van der Waals surface area contributed by atoms with E-state index in [9.17, 15) is 0 Å². The van der Waals surface area contributed by atoms with Crippen LogP contribution in [0.1, 0.15) is 34.6 Å². The molecular formula is C13H30O5. The van der Waals surface area contributed by atoms with Gasteiger partial charge < -0.3 is 24.4 Å². The Labute approximate surface area is 111 Å². The highest BCUT2D eigenvalue weighted by Gasteiger charge is 2.00. The number of hydrogen-bond donors (Lipinski definition) is 2. The summed E-state index contributed by atoms with van der Waals surface area (Å²) in [5.74, 6) is 0. The lowest BCUT2D eigenvalue weighted by molar-refractivity contribution is -0.0177. The maximum atomic E-state index is 8.69. The van der Waals surface area contributed by atoms with E-state index in [4.69, 9.17) is 24.4 Å². The Morgan fingerprint density at radius 1 is 0.889 bits per heavy atom. The predicted molar refractivity (Wildman–Crippen MR) is 71.8 cm³/mol. The summed E-state index contributed by atoms with van der Waals surface area (Å²) in [6.45, 7) is 11.9. The van der Waals surface area contributed by atoms with Crippen molar-refractivity contribution in [3.8, 4) is 0 Å². The van der Waals surface area contributed by atoms with Crippen LogP contribution in [0, 0.1) is 0 Å². The first-order valence-corrected chi connectivity index (χ1v) is 6.57. The minimum Gasteiger partial charge on any atom is -0.394 e. The molecule has 0 aliphatic rings. The van der Waals surface area contributed by atoms with Crippen molar-refractivity contribution >= 4 is 0 Å². The van der Waals surface area contributed by atoms with E-state index < -0.39 is 6.10 Å². The summed E-state index contributed by atoms with van der Waals surface area (Å²) in [5.41, 5.74) is 0. The van der Waals surface area contributed by atoms with Gasteiger partial charge in [-0.3, -0.25) is 0 Å². The molecule has 3 atom stereocenters. The zero-order chi connectivity index (χ0) is 14.4. The summed E-state index contributed by atoms with van der Waals surface area (Å²) in [4.78, 5) is 0. The Morgan fingerprint density at radius 2 is 1.50 bits per heavy atom. The standard InChI is InChI=1S/C7H16O2.C6H14O3/c1-4-8-6-7(3)9-5-2;1-5(8)4-9-6(2)3-7/h7H,4-6H2,1-3H3;5-8H,3-4H2,1-2H3. The Kier molecular flexibility index (Phi) is 16.6. The Hall–Kier alpha value is -0.200. The monoisotopic (exact) mass is 266 g/mol. The van der Waals surface area contributed by atoms with Crippen molar-refractivity contribution in [2.75, 3.05) is 33.0 Å². The van der Waals surface area contributed by atoms with Gasteiger partial charge in [-0.25, -0.2) is 0 Å². The SMILES string of the molecule is CC(O)COC(C)CO.CCOCC(C)OCC. The molecule has 0 radical (unpaired) electrons. The molecule has 0 fully saturated rings. The summed E-state index contributed by atoms with van der Waals surface area (Å²) in [5, 5.41) is 17.1. The molecule has 0 rings (SSSR count). The highest BCUT2D eigenvalue weighted by molar-refractivity contribution is 4.47. The van der Waals surface area contributed by atoms with Crippen LogP contribution in [0.4, 0.5) is 0 Å². The second kappa shape index (κ2) is 14.9. The second-order valence-corrected chi connectivity index (χ2v) is 4.10. The molecule has 0 aromatic carbocycles. The van der Waals surface area contributed by atoms with Crippen LogP contribution >= 0.6 is 0 Å². The molecule has 5 heteroatoms. The van der Waals surface area contributed by atoms with Crippen molar-refractivity contribution in [1.82, 2.24) is 0 Å². The first-order chi connectivity index (χ1) is 8.47. The summed E-state index contributed by atoms with van der Waals surface area (Å²) in [6, 6.07) is 0. The summed E-state index contributed by atoms with van der Waals surface area (Å²) in [6.07, 6.45) is -0.367. The van der Waals surface area contributed by atoms with Crippen LogP contribution in [-0.2, 0) is 14.2 Å². The molecule has 0 heterocycles. The van der Waals surface area contributed by atoms with Crippen LogP contribution in [0.2, 0.25) is 0 Å². The van der Waals surface area contributed by atoms with Crippen LogP contribution in [0.5, 0.6) is 0 Å². The fraction of sp³-hybridized carbons (Fsp3) is 1.00. The predicted octanol–water partition coefficient (Wildman–Crippen LogP) is 1.21. The van der Waals surface area contributed by atoms with Crippen LogP contribution in [-0.4, -0.2) is 61.6 Å². The fourth-order valence-corrected chi connectivity index (χ4v) is 0.973. The smallest absolute Gasteiger partial charge is 0.0780 e. The third-order valence-corrected chi connectivity index (χ3v) is 1.89. The topological polar surface area (TPSA) is 68.2 Å². The number of hydrogen-bond acceptors (Lipinski definition) is 5. The number of rotatable bonds is 9. The normalized spacial score (nSPS) is 15.5. The van der Waals surface area contributed by atoms with Gasteiger partial charge in [-0.15, -0.1) is 0 Å². The number of aliphatic hydroxyl groups excluding tert-OH is 2. The number of ether oxygens (including phenoxy) is 3. The first kappa shape index (κ1) is 20.1. The van der Waals surface area contributed by atoms with E-state index in [1.54, 1.807) is 13.8 Å². The zero-order valence-electron chi connectivity index (χ0n) is 12.4. The van der Waals surface area contributed by atoms with Crippen molar-refractivity contribution < 1.29 is 24.4 Å². The molecule has 5 nitrogen and oxygen atoms in total. The molecule has 3 unspecified atom stereocenters. The van der Waals surface area contributed by atoms with Gasteiger partial charge in [-0.05, 0) is 34.6 Å². The average molecular weight is 266 g/mol. The Balaban J connectivity index is 0. The van der Waals surface area contributed by atoms with Crippen LogP contribution in [0.25, 0.3) is 0 Å². The third kappa shape index (κ3) is 18.2. The molecule has 0 aliphatic carbocycles. The van der Waals surface area contributed by atoms with E-state index in [0.717, 1.165) is 13.2 Å². The van der Waals surface area contributed by atoms with Gasteiger partial charge in [0.2, 0.25) is 0 Å². The molecular weight excluding hydrogens is 236 g/mol. The third-order valence-electron chi connectivity index (χ3n) is 1.89. The molecule has 0 bridgehead atoms. The van der Waals surface area contributed by atoms with E-state index in [2.05, 4.69) is 0 Å². The van der Waals surface area contributed by atoms with E-state index >= 15 is 0 Å². The minimum absolute atomic E-state index is 0.00667. The van der Waals surface area contributed by atoms with Crippen LogP contribution in [0.3, 0.4) is 0 Å². The lowest BCUT2D eigenvalue weighted by Crippen LogP contribution is -2.19. The minimum atomic E-state index is -0.445. The molecule has 0 saturated carbocycles. The lowest BCUT2D eigenvalue weighted by atomic mass is 10.4. The van der Waals surface area contributed by atoms with E-state index in [1.807, 2.05) is 20.8 Å². The van der Waals surface area contributed by atoms with Crippen molar-refractivity contribution in [1.29, 1.82) is 0 Å². The largest absolute Gasteiger partial charge is 0.394 e. The van der Waals surface area contributed by atoms with Crippen LogP contribution < -0.4 is 0 Å². The molecule has 112 valence electrons. The van der Waals surface area contributed by atoms with Gasteiger partial charge >= 0.3 is 0 Å². The van der Waals surface area contributed by atoms with Crippen molar-refractivity contribution in [2.45, 2.75) is 52.9 Å². The van der Waals surface area contributed by atoms with Gasteiger partial charge in [0.25, 0.3) is 0 Å². The van der Waals surface area contributed by atoms with Gasteiger partial charge in [0.1, 0.15) is 0 Å². The molecule has 0 aromatic rings. The molecule has 0 spiro atoms. The van der Waals surface area contributed by atoms with Crippen LogP contribution in [0.15, 0.2) is 0 Å². The summed E-state index contributed by atoms with van der Waals surface area (Å²) in [7, 11) is 0. The molecule has 0 amide bonds. The highest BCUT2D eigenvalue weighted by Crippen LogP contribution is 1.90. The fourth-order valence-electron chi connectivity index (χ4n) is 0.973. The zero-order valence-corrected chi connectivity index (χ0v) is 12.4. The van der Waals surface area contributed by atoms with Crippen molar-refractivity contribution in [2.24, 2.45) is 0 Å². The first-order valence-electron chi connectivity index (χ1n) is 6.57. The molecule has 18 heavy (non-hydrogen) atoms. The molecule has 2 N–H and O–H groups in total.